The van der Waals surface area contributed by atoms with Gasteiger partial charge in [-0.25, -0.2) is 0 Å². The molecule has 2 aromatic rings. The number of nitrogens with one attached hydrogen (secondary N) is 2. The summed E-state index contributed by atoms with van der Waals surface area (Å²) in [6, 6.07) is 14.3. The number of nitrogens with two attached hydrogens (primary N) is 1. The van der Waals surface area contributed by atoms with Crippen molar-refractivity contribution in [2.75, 3.05) is 23.8 Å². The molecule has 6 nitrogen and oxygen atoms in total. The van der Waals surface area contributed by atoms with E-state index in [-0.39, 0.29) is 25.0 Å². The maximum absolute atomic E-state index is 12.0. The standard InChI is InChI=1S/C17H19N3O3/c1-12-7-8-13(19-16(21)10-18)9-15(12)20-17(22)11-23-14-5-3-2-4-6-14/h2-9H,10-11,18H2,1H3,(H,19,21)(H,20,22). The lowest BCUT2D eigenvalue weighted by Gasteiger charge is -2.12. The van der Waals surface area contributed by atoms with E-state index in [0.29, 0.717) is 17.1 Å². The van der Waals surface area contributed by atoms with Crippen LogP contribution in [0, 0.1) is 6.92 Å². The van der Waals surface area contributed by atoms with Gasteiger partial charge in [-0.15, -0.1) is 0 Å². The highest BCUT2D eigenvalue weighted by molar-refractivity contribution is 5.95. The first-order valence-electron chi connectivity index (χ1n) is 7.17. The SMILES string of the molecule is Cc1ccc(NC(=O)CN)cc1NC(=O)COc1ccccc1. The Balaban J connectivity index is 1.96. The number of hydrogen-bond acceptors (Lipinski definition) is 4. The third-order valence-corrected chi connectivity index (χ3v) is 3.09. The lowest BCUT2D eigenvalue weighted by molar-refractivity contribution is -0.118. The fourth-order valence-corrected chi connectivity index (χ4v) is 1.90. The molecule has 0 aliphatic heterocycles. The number of aryl methyl sites for hydroxylation is 1. The molecular formula is C17H19N3O3. The van der Waals surface area contributed by atoms with Crippen molar-refractivity contribution in [1.82, 2.24) is 0 Å². The molecule has 2 aromatic carbocycles. The number of hydrogen-bond donors (Lipinski definition) is 3. The van der Waals surface area contributed by atoms with Crippen molar-refractivity contribution in [3.8, 4) is 5.75 Å². The van der Waals surface area contributed by atoms with Gasteiger partial charge in [-0.3, -0.25) is 9.59 Å². The second-order valence-corrected chi connectivity index (χ2v) is 4.93. The summed E-state index contributed by atoms with van der Waals surface area (Å²) in [5.74, 6) is 0.0566. The number of para-hydroxylation sites is 1. The van der Waals surface area contributed by atoms with Crippen LogP contribution in [0.1, 0.15) is 5.56 Å². The average Bonchev–Trinajstić information content (AvgIpc) is 2.57. The molecule has 0 fully saturated rings. The largest absolute Gasteiger partial charge is 0.484 e. The van der Waals surface area contributed by atoms with Crippen LogP contribution in [-0.4, -0.2) is 25.0 Å². The van der Waals surface area contributed by atoms with Gasteiger partial charge in [0.15, 0.2) is 6.61 Å². The molecule has 0 saturated carbocycles. The Hall–Kier alpha value is -2.86. The third-order valence-electron chi connectivity index (χ3n) is 3.09. The highest BCUT2D eigenvalue weighted by atomic mass is 16.5. The van der Waals surface area contributed by atoms with E-state index >= 15 is 0 Å². The van der Waals surface area contributed by atoms with E-state index in [2.05, 4.69) is 10.6 Å². The molecule has 4 N–H and O–H groups in total. The number of benzene rings is 2. The van der Waals surface area contributed by atoms with Gasteiger partial charge < -0.3 is 21.1 Å². The maximum Gasteiger partial charge on any atom is 0.262 e. The Kier molecular flexibility index (Phi) is 5.71. The van der Waals surface area contributed by atoms with Crippen LogP contribution >= 0.6 is 0 Å². The van der Waals surface area contributed by atoms with Gasteiger partial charge in [0.25, 0.3) is 5.91 Å². The van der Waals surface area contributed by atoms with Gasteiger partial charge in [0, 0.05) is 11.4 Å². The summed E-state index contributed by atoms with van der Waals surface area (Å²) >= 11 is 0. The zero-order valence-electron chi connectivity index (χ0n) is 12.8. The fourth-order valence-electron chi connectivity index (χ4n) is 1.90. The minimum absolute atomic E-state index is 0.0944. The van der Waals surface area contributed by atoms with E-state index < -0.39 is 0 Å². The van der Waals surface area contributed by atoms with Crippen molar-refractivity contribution >= 4 is 23.2 Å². The van der Waals surface area contributed by atoms with Gasteiger partial charge in [-0.05, 0) is 36.8 Å². The van der Waals surface area contributed by atoms with Crippen LogP contribution in [0.15, 0.2) is 48.5 Å². The number of rotatable bonds is 6. The summed E-state index contributed by atoms with van der Waals surface area (Å²) in [6.07, 6.45) is 0. The van der Waals surface area contributed by atoms with Gasteiger partial charge >= 0.3 is 0 Å². The summed E-state index contributed by atoms with van der Waals surface area (Å²) in [4.78, 5) is 23.3. The van der Waals surface area contributed by atoms with Crippen molar-refractivity contribution in [1.29, 1.82) is 0 Å². The number of carbonyl (C=O) groups is 2. The molecule has 0 saturated heterocycles. The topological polar surface area (TPSA) is 93.5 Å². The number of amides is 2. The maximum atomic E-state index is 12.0. The summed E-state index contributed by atoms with van der Waals surface area (Å²) in [5, 5.41) is 5.41. The van der Waals surface area contributed by atoms with Crippen LogP contribution in [0.2, 0.25) is 0 Å². The number of ether oxygens (including phenoxy) is 1. The van der Waals surface area contributed by atoms with Crippen LogP contribution in [0.3, 0.4) is 0 Å². The van der Waals surface area contributed by atoms with Gasteiger partial charge in [0.2, 0.25) is 5.91 Å². The molecule has 0 aliphatic carbocycles. The minimum atomic E-state index is -0.293. The molecule has 0 bridgehead atoms. The second-order valence-electron chi connectivity index (χ2n) is 4.93. The molecule has 23 heavy (non-hydrogen) atoms. The Bertz CT molecular complexity index is 687. The number of anilines is 2. The molecule has 2 rings (SSSR count). The molecule has 120 valence electrons. The average molecular weight is 313 g/mol. The molecule has 6 heteroatoms. The number of carbonyl (C=O) groups excluding carboxylic acids is 2. The molecule has 0 heterocycles. The summed E-state index contributed by atoms with van der Waals surface area (Å²) < 4.78 is 5.39. The Morgan fingerprint density at radius 2 is 1.78 bits per heavy atom. The summed E-state index contributed by atoms with van der Waals surface area (Å²) in [5.41, 5.74) is 7.33. The lowest BCUT2D eigenvalue weighted by Crippen LogP contribution is -2.23. The van der Waals surface area contributed by atoms with Crippen LogP contribution in [-0.2, 0) is 9.59 Å². The van der Waals surface area contributed by atoms with Crippen LogP contribution in [0.25, 0.3) is 0 Å². The quantitative estimate of drug-likeness (QED) is 0.759. The van der Waals surface area contributed by atoms with Crippen LogP contribution in [0.4, 0.5) is 11.4 Å². The van der Waals surface area contributed by atoms with Crippen molar-refractivity contribution in [2.45, 2.75) is 6.92 Å². The Morgan fingerprint density at radius 1 is 1.04 bits per heavy atom. The van der Waals surface area contributed by atoms with Crippen molar-refractivity contribution < 1.29 is 14.3 Å². The molecule has 2 amide bonds. The monoisotopic (exact) mass is 313 g/mol. The molecule has 0 aliphatic rings. The van der Waals surface area contributed by atoms with Gasteiger partial charge in [0.05, 0.1) is 6.54 Å². The zero-order chi connectivity index (χ0) is 16.7. The molecule has 0 aromatic heterocycles. The Morgan fingerprint density at radius 3 is 2.48 bits per heavy atom. The summed E-state index contributed by atoms with van der Waals surface area (Å²) in [6.45, 7) is 1.67. The van der Waals surface area contributed by atoms with Crippen LogP contribution in [0.5, 0.6) is 5.75 Å². The van der Waals surface area contributed by atoms with Gasteiger partial charge in [0.1, 0.15) is 5.75 Å². The first-order chi connectivity index (χ1) is 11.1. The van der Waals surface area contributed by atoms with E-state index in [1.54, 1.807) is 30.3 Å². The molecule has 0 radical (unpaired) electrons. The van der Waals surface area contributed by atoms with E-state index in [1.165, 1.54) is 0 Å². The van der Waals surface area contributed by atoms with Crippen LogP contribution < -0.4 is 21.1 Å². The third kappa shape index (κ3) is 5.12. The minimum Gasteiger partial charge on any atom is -0.484 e. The lowest BCUT2D eigenvalue weighted by atomic mass is 10.1. The Labute approximate surface area is 134 Å². The van der Waals surface area contributed by atoms with Gasteiger partial charge in [-0.2, -0.15) is 0 Å². The summed E-state index contributed by atoms with van der Waals surface area (Å²) in [7, 11) is 0. The first kappa shape index (κ1) is 16.5. The molecule has 0 spiro atoms. The normalized spacial score (nSPS) is 10.0. The highest BCUT2D eigenvalue weighted by Gasteiger charge is 2.08. The predicted octanol–water partition coefficient (Wildman–Crippen LogP) is 1.91. The van der Waals surface area contributed by atoms with Crippen molar-refractivity contribution in [3.05, 3.63) is 54.1 Å². The fraction of sp³-hybridized carbons (Fsp3) is 0.176. The highest BCUT2D eigenvalue weighted by Crippen LogP contribution is 2.20. The van der Waals surface area contributed by atoms with Crippen molar-refractivity contribution in [2.24, 2.45) is 5.73 Å². The molecular weight excluding hydrogens is 294 g/mol. The van der Waals surface area contributed by atoms with E-state index in [9.17, 15) is 9.59 Å². The van der Waals surface area contributed by atoms with E-state index in [1.807, 2.05) is 25.1 Å². The predicted molar refractivity (Wildman–Crippen MR) is 89.4 cm³/mol. The second kappa shape index (κ2) is 7.95. The first-order valence-corrected chi connectivity index (χ1v) is 7.17. The van der Waals surface area contributed by atoms with E-state index in [0.717, 1.165) is 5.56 Å². The van der Waals surface area contributed by atoms with E-state index in [4.69, 9.17) is 10.5 Å². The molecule has 0 atom stereocenters. The van der Waals surface area contributed by atoms with Crippen molar-refractivity contribution in [3.63, 3.8) is 0 Å². The molecule has 0 unspecified atom stereocenters. The van der Waals surface area contributed by atoms with Gasteiger partial charge in [-0.1, -0.05) is 24.3 Å². The smallest absolute Gasteiger partial charge is 0.262 e. The zero-order valence-corrected chi connectivity index (χ0v) is 12.8.